The van der Waals surface area contributed by atoms with E-state index in [4.69, 9.17) is 0 Å². The molecule has 1 aliphatic carbocycles. The highest BCUT2D eigenvalue weighted by Crippen LogP contribution is 2.23. The highest BCUT2D eigenvalue weighted by Gasteiger charge is 2.32. The minimum absolute atomic E-state index is 0.0326. The van der Waals surface area contributed by atoms with Crippen LogP contribution in [0.3, 0.4) is 0 Å². The number of rotatable bonds is 6. The number of hydrogen-bond acceptors (Lipinski definition) is 3. The zero-order valence-electron chi connectivity index (χ0n) is 19.2. The quantitative estimate of drug-likeness (QED) is 0.730. The molecular formula is C25H37N3O3. The number of carbonyl (C=O) groups is 3. The van der Waals surface area contributed by atoms with Gasteiger partial charge in [0.2, 0.25) is 11.8 Å². The minimum atomic E-state index is -0.0683. The number of amides is 3. The summed E-state index contributed by atoms with van der Waals surface area (Å²) >= 11 is 0. The molecule has 1 saturated heterocycles. The Morgan fingerprint density at radius 1 is 0.968 bits per heavy atom. The molecule has 1 saturated carbocycles. The normalized spacial score (nSPS) is 22.3. The van der Waals surface area contributed by atoms with Crippen LogP contribution < -0.4 is 10.6 Å². The molecule has 1 aliphatic heterocycles. The highest BCUT2D eigenvalue weighted by atomic mass is 16.2. The topological polar surface area (TPSA) is 78.5 Å². The van der Waals surface area contributed by atoms with Crippen LogP contribution in [0.2, 0.25) is 0 Å². The largest absolute Gasteiger partial charge is 0.351 e. The van der Waals surface area contributed by atoms with E-state index in [1.807, 2.05) is 36.1 Å². The van der Waals surface area contributed by atoms with Crippen molar-refractivity contribution >= 4 is 17.7 Å². The van der Waals surface area contributed by atoms with Gasteiger partial charge in [-0.15, -0.1) is 0 Å². The van der Waals surface area contributed by atoms with Crippen molar-refractivity contribution < 1.29 is 14.4 Å². The van der Waals surface area contributed by atoms with Crippen molar-refractivity contribution in [3.8, 4) is 0 Å². The monoisotopic (exact) mass is 427 g/mol. The number of piperidine rings is 1. The van der Waals surface area contributed by atoms with Gasteiger partial charge >= 0.3 is 0 Å². The number of nitrogens with zero attached hydrogens (tertiary/aromatic N) is 1. The number of hydrogen-bond donors (Lipinski definition) is 2. The molecule has 3 rings (SSSR count). The molecule has 2 fully saturated rings. The lowest BCUT2D eigenvalue weighted by atomic mass is 9.88. The summed E-state index contributed by atoms with van der Waals surface area (Å²) in [5.74, 6) is 0.490. The maximum Gasteiger partial charge on any atom is 0.251 e. The first-order chi connectivity index (χ1) is 14.8. The predicted molar refractivity (Wildman–Crippen MR) is 122 cm³/mol. The summed E-state index contributed by atoms with van der Waals surface area (Å²) in [6.45, 7) is 7.35. The van der Waals surface area contributed by atoms with E-state index in [2.05, 4.69) is 24.5 Å². The van der Waals surface area contributed by atoms with Gasteiger partial charge in [-0.05, 0) is 50.2 Å². The van der Waals surface area contributed by atoms with E-state index in [1.165, 1.54) is 0 Å². The van der Waals surface area contributed by atoms with Crippen LogP contribution in [-0.2, 0) is 9.59 Å². The molecule has 2 aliphatic rings. The Kier molecular flexibility index (Phi) is 8.10. The molecule has 6 heteroatoms. The molecule has 1 aromatic carbocycles. The summed E-state index contributed by atoms with van der Waals surface area (Å²) in [6, 6.07) is 7.51. The van der Waals surface area contributed by atoms with Crippen LogP contribution in [0, 0.1) is 18.8 Å². The molecule has 2 atom stereocenters. The second-order valence-corrected chi connectivity index (χ2v) is 9.55. The minimum Gasteiger partial charge on any atom is -0.351 e. The average Bonchev–Trinajstić information content (AvgIpc) is 2.75. The van der Waals surface area contributed by atoms with Crippen molar-refractivity contribution in [1.29, 1.82) is 0 Å². The molecular weight excluding hydrogens is 390 g/mol. The summed E-state index contributed by atoms with van der Waals surface area (Å²) < 4.78 is 0. The van der Waals surface area contributed by atoms with Crippen molar-refractivity contribution in [2.75, 3.05) is 13.1 Å². The van der Waals surface area contributed by atoms with E-state index in [9.17, 15) is 14.4 Å². The standard InChI is InChI=1S/C25H37N3O3/c1-17(2)16-23(29)28-14-12-19(13-15-28)24(30)26-21-10-6-7-11-22(21)27-25(31)20-9-5-4-8-18(20)3/h4-5,8-9,17,19,21-22H,6-7,10-16H2,1-3H3,(H,26,30)(H,27,31)/t21-,22-/m1/s1. The maximum atomic E-state index is 12.9. The molecule has 0 radical (unpaired) electrons. The molecule has 31 heavy (non-hydrogen) atoms. The van der Waals surface area contributed by atoms with E-state index in [0.29, 0.717) is 43.8 Å². The Bertz CT molecular complexity index is 784. The smallest absolute Gasteiger partial charge is 0.251 e. The fourth-order valence-electron chi connectivity index (χ4n) is 4.72. The Labute approximate surface area is 186 Å². The lowest BCUT2D eigenvalue weighted by molar-refractivity contribution is -0.136. The summed E-state index contributed by atoms with van der Waals surface area (Å²) in [5.41, 5.74) is 1.65. The van der Waals surface area contributed by atoms with Gasteiger partial charge in [0.1, 0.15) is 0 Å². The molecule has 2 N–H and O–H groups in total. The van der Waals surface area contributed by atoms with Gasteiger partial charge in [-0.3, -0.25) is 14.4 Å². The van der Waals surface area contributed by atoms with Crippen LogP contribution in [-0.4, -0.2) is 47.8 Å². The van der Waals surface area contributed by atoms with Crippen molar-refractivity contribution in [3.05, 3.63) is 35.4 Å². The molecule has 6 nitrogen and oxygen atoms in total. The molecule has 1 heterocycles. The van der Waals surface area contributed by atoms with E-state index in [1.54, 1.807) is 0 Å². The average molecular weight is 428 g/mol. The Morgan fingerprint density at radius 3 is 2.19 bits per heavy atom. The molecule has 170 valence electrons. The van der Waals surface area contributed by atoms with Crippen molar-refractivity contribution in [1.82, 2.24) is 15.5 Å². The third-order valence-corrected chi connectivity index (χ3v) is 6.60. The summed E-state index contributed by atoms with van der Waals surface area (Å²) in [5, 5.41) is 6.40. The van der Waals surface area contributed by atoms with Crippen LogP contribution in [0.5, 0.6) is 0 Å². The first-order valence-electron chi connectivity index (χ1n) is 11.8. The van der Waals surface area contributed by atoms with Gasteiger partial charge in [-0.1, -0.05) is 44.9 Å². The number of carbonyl (C=O) groups excluding carboxylic acids is 3. The van der Waals surface area contributed by atoms with Gasteiger partial charge in [-0.2, -0.15) is 0 Å². The molecule has 1 aromatic rings. The zero-order chi connectivity index (χ0) is 22.4. The molecule has 0 unspecified atom stereocenters. The van der Waals surface area contributed by atoms with E-state index < -0.39 is 0 Å². The predicted octanol–water partition coefficient (Wildman–Crippen LogP) is 3.44. The van der Waals surface area contributed by atoms with Gasteiger partial charge in [0.15, 0.2) is 0 Å². The summed E-state index contributed by atoms with van der Waals surface area (Å²) in [7, 11) is 0. The van der Waals surface area contributed by atoms with E-state index in [-0.39, 0.29) is 35.7 Å². The number of likely N-dealkylation sites (tertiary alicyclic amines) is 1. The Balaban J connectivity index is 1.53. The highest BCUT2D eigenvalue weighted by molar-refractivity contribution is 5.95. The van der Waals surface area contributed by atoms with Crippen LogP contribution >= 0.6 is 0 Å². The van der Waals surface area contributed by atoms with E-state index >= 15 is 0 Å². The fraction of sp³-hybridized carbons (Fsp3) is 0.640. The SMILES string of the molecule is Cc1ccccc1C(=O)N[C@@H]1CCCC[C@H]1NC(=O)C1CCN(C(=O)CC(C)C)CC1. The molecule has 3 amide bonds. The van der Waals surface area contributed by atoms with Crippen LogP contribution in [0.25, 0.3) is 0 Å². The van der Waals surface area contributed by atoms with Crippen LogP contribution in [0.1, 0.15) is 74.7 Å². The Hall–Kier alpha value is -2.37. The first-order valence-corrected chi connectivity index (χ1v) is 11.8. The van der Waals surface area contributed by atoms with Crippen molar-refractivity contribution in [3.63, 3.8) is 0 Å². The van der Waals surface area contributed by atoms with Crippen LogP contribution in [0.15, 0.2) is 24.3 Å². The molecule has 0 aromatic heterocycles. The van der Waals surface area contributed by atoms with Crippen LogP contribution in [0.4, 0.5) is 0 Å². The number of aryl methyl sites for hydroxylation is 1. The zero-order valence-corrected chi connectivity index (χ0v) is 19.2. The van der Waals surface area contributed by atoms with E-state index in [0.717, 1.165) is 31.2 Å². The number of nitrogens with one attached hydrogen (secondary N) is 2. The van der Waals surface area contributed by atoms with Crippen molar-refractivity contribution in [2.45, 2.75) is 77.8 Å². The lowest BCUT2D eigenvalue weighted by Crippen LogP contribution is -2.55. The maximum absolute atomic E-state index is 12.9. The third kappa shape index (κ3) is 6.31. The van der Waals surface area contributed by atoms with Gasteiger partial charge in [-0.25, -0.2) is 0 Å². The van der Waals surface area contributed by atoms with Gasteiger partial charge in [0, 0.05) is 43.1 Å². The molecule has 0 spiro atoms. The number of benzene rings is 1. The fourth-order valence-corrected chi connectivity index (χ4v) is 4.72. The Morgan fingerprint density at radius 2 is 1.58 bits per heavy atom. The lowest BCUT2D eigenvalue weighted by Gasteiger charge is -2.36. The second kappa shape index (κ2) is 10.8. The first kappa shape index (κ1) is 23.3. The third-order valence-electron chi connectivity index (χ3n) is 6.60. The summed E-state index contributed by atoms with van der Waals surface area (Å²) in [4.78, 5) is 39.9. The van der Waals surface area contributed by atoms with Gasteiger partial charge in [0.25, 0.3) is 5.91 Å². The molecule has 0 bridgehead atoms. The second-order valence-electron chi connectivity index (χ2n) is 9.55. The summed E-state index contributed by atoms with van der Waals surface area (Å²) in [6.07, 6.45) is 5.87. The van der Waals surface area contributed by atoms with Gasteiger partial charge in [0.05, 0.1) is 0 Å². The van der Waals surface area contributed by atoms with Crippen molar-refractivity contribution in [2.24, 2.45) is 11.8 Å². The van der Waals surface area contributed by atoms with Gasteiger partial charge < -0.3 is 15.5 Å².